The molecule has 0 saturated carbocycles. The van der Waals surface area contributed by atoms with Crippen molar-refractivity contribution < 1.29 is 4.39 Å². The van der Waals surface area contributed by atoms with Crippen molar-refractivity contribution in [1.82, 2.24) is 0 Å². The fourth-order valence-electron chi connectivity index (χ4n) is 1.06. The van der Waals surface area contributed by atoms with E-state index in [1.807, 2.05) is 19.1 Å². The van der Waals surface area contributed by atoms with Crippen LogP contribution < -0.4 is 0 Å². The van der Waals surface area contributed by atoms with Crippen LogP contribution in [0.15, 0.2) is 24.3 Å². The highest BCUT2D eigenvalue weighted by Crippen LogP contribution is 2.12. The number of hydrogen-bond donors (Lipinski definition) is 0. The van der Waals surface area contributed by atoms with Gasteiger partial charge in [0.05, 0.1) is 0 Å². The van der Waals surface area contributed by atoms with Crippen molar-refractivity contribution in [2.24, 2.45) is 0 Å². The third-order valence-electron chi connectivity index (χ3n) is 1.81. The molecule has 1 aromatic carbocycles. The summed E-state index contributed by atoms with van der Waals surface area (Å²) < 4.78 is 12.8. The maximum absolute atomic E-state index is 12.8. The van der Waals surface area contributed by atoms with Gasteiger partial charge in [0.15, 0.2) is 0 Å². The second-order valence-corrected chi connectivity index (χ2v) is 3.67. The van der Waals surface area contributed by atoms with E-state index in [2.05, 4.69) is 15.9 Å². The van der Waals surface area contributed by atoms with E-state index in [-0.39, 0.29) is 5.82 Å². The summed E-state index contributed by atoms with van der Waals surface area (Å²) in [6.45, 7) is 1.98. The lowest BCUT2D eigenvalue weighted by atomic mass is 10.1. The fraction of sp³-hybridized carbons (Fsp3) is 0.273. The van der Waals surface area contributed by atoms with E-state index in [1.54, 1.807) is 12.1 Å². The first-order valence-electron chi connectivity index (χ1n) is 4.22. The molecule has 2 heteroatoms. The minimum atomic E-state index is -0.177. The van der Waals surface area contributed by atoms with Crippen molar-refractivity contribution in [3.63, 3.8) is 0 Å². The standard InChI is InChI=1S/C11H12BrF/c1-9-5-6-11(13)8-10(9)4-2-3-7-12/h2,4-6,8H,3,7H2,1H3. The van der Waals surface area contributed by atoms with Crippen molar-refractivity contribution in [3.05, 3.63) is 41.2 Å². The summed E-state index contributed by atoms with van der Waals surface area (Å²) >= 11 is 3.33. The van der Waals surface area contributed by atoms with Gasteiger partial charge in [-0.05, 0) is 36.6 Å². The summed E-state index contributed by atoms with van der Waals surface area (Å²) in [4.78, 5) is 0. The predicted octanol–water partition coefficient (Wildman–Crippen LogP) is 3.93. The van der Waals surface area contributed by atoms with Crippen LogP contribution in [0.25, 0.3) is 6.08 Å². The Morgan fingerprint density at radius 1 is 1.46 bits per heavy atom. The second kappa shape index (κ2) is 5.18. The van der Waals surface area contributed by atoms with Gasteiger partial charge < -0.3 is 0 Å². The summed E-state index contributed by atoms with van der Waals surface area (Å²) in [7, 11) is 0. The molecule has 0 amide bonds. The average molecular weight is 243 g/mol. The summed E-state index contributed by atoms with van der Waals surface area (Å²) in [5.41, 5.74) is 2.06. The molecule has 0 aromatic heterocycles. The van der Waals surface area contributed by atoms with Gasteiger partial charge in [0.25, 0.3) is 0 Å². The van der Waals surface area contributed by atoms with E-state index < -0.39 is 0 Å². The zero-order chi connectivity index (χ0) is 9.68. The lowest BCUT2D eigenvalue weighted by Crippen LogP contribution is -1.82. The minimum Gasteiger partial charge on any atom is -0.207 e. The Morgan fingerprint density at radius 3 is 2.92 bits per heavy atom. The maximum Gasteiger partial charge on any atom is 0.123 e. The van der Waals surface area contributed by atoms with Crippen LogP contribution >= 0.6 is 15.9 Å². The first-order chi connectivity index (χ1) is 6.24. The smallest absolute Gasteiger partial charge is 0.123 e. The van der Waals surface area contributed by atoms with Crippen LogP contribution in [0.2, 0.25) is 0 Å². The molecule has 1 aromatic rings. The molecular weight excluding hydrogens is 231 g/mol. The van der Waals surface area contributed by atoms with Crippen LogP contribution in [-0.4, -0.2) is 5.33 Å². The quantitative estimate of drug-likeness (QED) is 0.705. The van der Waals surface area contributed by atoms with E-state index in [9.17, 15) is 4.39 Å². The molecule has 0 aliphatic heterocycles. The Kier molecular flexibility index (Phi) is 4.16. The van der Waals surface area contributed by atoms with E-state index in [0.29, 0.717) is 0 Å². The molecule has 0 fully saturated rings. The van der Waals surface area contributed by atoms with Crippen molar-refractivity contribution in [2.75, 3.05) is 5.33 Å². The predicted molar refractivity (Wildman–Crippen MR) is 58.6 cm³/mol. The zero-order valence-electron chi connectivity index (χ0n) is 7.56. The van der Waals surface area contributed by atoms with Crippen molar-refractivity contribution in [1.29, 1.82) is 0 Å². The van der Waals surface area contributed by atoms with E-state index in [0.717, 1.165) is 22.9 Å². The van der Waals surface area contributed by atoms with E-state index in [4.69, 9.17) is 0 Å². The SMILES string of the molecule is Cc1ccc(F)cc1C=CCCBr. The first-order valence-corrected chi connectivity index (χ1v) is 5.35. The third kappa shape index (κ3) is 3.31. The number of alkyl halides is 1. The number of allylic oxidation sites excluding steroid dienone is 1. The van der Waals surface area contributed by atoms with Crippen LogP contribution in [0.3, 0.4) is 0 Å². The number of rotatable bonds is 3. The minimum absolute atomic E-state index is 0.177. The average Bonchev–Trinajstić information content (AvgIpc) is 2.11. The number of aryl methyl sites for hydroxylation is 1. The molecule has 0 unspecified atom stereocenters. The molecule has 13 heavy (non-hydrogen) atoms. The Labute approximate surface area is 86.6 Å². The molecule has 0 heterocycles. The zero-order valence-corrected chi connectivity index (χ0v) is 9.14. The maximum atomic E-state index is 12.8. The Balaban J connectivity index is 2.81. The molecule has 0 bridgehead atoms. The molecule has 70 valence electrons. The van der Waals surface area contributed by atoms with Crippen molar-refractivity contribution >= 4 is 22.0 Å². The summed E-state index contributed by atoms with van der Waals surface area (Å²) in [5, 5.41) is 0.942. The highest BCUT2D eigenvalue weighted by molar-refractivity contribution is 9.09. The van der Waals surface area contributed by atoms with Gasteiger partial charge in [-0.2, -0.15) is 0 Å². The second-order valence-electron chi connectivity index (χ2n) is 2.88. The summed E-state index contributed by atoms with van der Waals surface area (Å²) in [6, 6.07) is 4.83. The lowest BCUT2D eigenvalue weighted by molar-refractivity contribution is 0.627. The van der Waals surface area contributed by atoms with Gasteiger partial charge in [-0.25, -0.2) is 4.39 Å². The van der Waals surface area contributed by atoms with Crippen molar-refractivity contribution in [2.45, 2.75) is 13.3 Å². The molecule has 1 rings (SSSR count). The molecular formula is C11H12BrF. The summed E-state index contributed by atoms with van der Waals surface area (Å²) in [6.07, 6.45) is 4.96. The van der Waals surface area contributed by atoms with Crippen LogP contribution in [0.4, 0.5) is 4.39 Å². The van der Waals surface area contributed by atoms with Crippen LogP contribution in [-0.2, 0) is 0 Å². The lowest BCUT2D eigenvalue weighted by Gasteiger charge is -1.99. The van der Waals surface area contributed by atoms with E-state index >= 15 is 0 Å². The Bertz CT molecular complexity index is 305. The number of halogens is 2. The molecule has 0 atom stereocenters. The first kappa shape index (κ1) is 10.5. The topological polar surface area (TPSA) is 0 Å². The molecule has 0 spiro atoms. The Morgan fingerprint density at radius 2 is 2.23 bits per heavy atom. The summed E-state index contributed by atoms with van der Waals surface area (Å²) in [5.74, 6) is -0.177. The number of hydrogen-bond acceptors (Lipinski definition) is 0. The van der Waals surface area contributed by atoms with Crippen LogP contribution in [0, 0.1) is 12.7 Å². The van der Waals surface area contributed by atoms with Gasteiger partial charge in [-0.15, -0.1) is 0 Å². The van der Waals surface area contributed by atoms with E-state index in [1.165, 1.54) is 6.07 Å². The van der Waals surface area contributed by atoms with Crippen molar-refractivity contribution in [3.8, 4) is 0 Å². The van der Waals surface area contributed by atoms with Gasteiger partial charge in [-0.1, -0.05) is 34.1 Å². The van der Waals surface area contributed by atoms with Gasteiger partial charge in [0, 0.05) is 5.33 Å². The number of benzene rings is 1. The fourth-order valence-corrected chi connectivity index (χ4v) is 1.33. The van der Waals surface area contributed by atoms with Gasteiger partial charge in [0.1, 0.15) is 5.82 Å². The molecule has 0 saturated heterocycles. The Hall–Kier alpha value is -0.630. The molecule has 0 aliphatic rings. The molecule has 0 N–H and O–H groups in total. The van der Waals surface area contributed by atoms with Crippen LogP contribution in [0.1, 0.15) is 17.5 Å². The van der Waals surface area contributed by atoms with Gasteiger partial charge in [0.2, 0.25) is 0 Å². The molecule has 0 radical (unpaired) electrons. The molecule has 0 aliphatic carbocycles. The van der Waals surface area contributed by atoms with Gasteiger partial charge in [-0.3, -0.25) is 0 Å². The molecule has 0 nitrogen and oxygen atoms in total. The largest absolute Gasteiger partial charge is 0.207 e. The monoisotopic (exact) mass is 242 g/mol. The third-order valence-corrected chi connectivity index (χ3v) is 2.27. The highest BCUT2D eigenvalue weighted by Gasteiger charge is 1.95. The van der Waals surface area contributed by atoms with Gasteiger partial charge >= 0.3 is 0 Å². The van der Waals surface area contributed by atoms with Crippen LogP contribution in [0.5, 0.6) is 0 Å². The normalized spacial score (nSPS) is 11.0. The highest BCUT2D eigenvalue weighted by atomic mass is 79.9.